The number of carbonyl (C=O) groups excluding carboxylic acids is 1. The molecule has 1 aromatic heterocycles. The lowest BCUT2D eigenvalue weighted by molar-refractivity contribution is -0.135. The van der Waals surface area contributed by atoms with Crippen LogP contribution < -0.4 is 0 Å². The summed E-state index contributed by atoms with van der Waals surface area (Å²) in [5, 5.41) is 0. The third-order valence-electron chi connectivity index (χ3n) is 4.71. The summed E-state index contributed by atoms with van der Waals surface area (Å²) in [7, 11) is -3.00. The number of rotatable bonds is 2. The van der Waals surface area contributed by atoms with Crippen LogP contribution in [0.3, 0.4) is 0 Å². The molecule has 0 spiro atoms. The van der Waals surface area contributed by atoms with Crippen molar-refractivity contribution >= 4 is 15.7 Å². The molecule has 0 radical (unpaired) electrons. The van der Waals surface area contributed by atoms with Crippen molar-refractivity contribution < 1.29 is 13.2 Å². The van der Waals surface area contributed by atoms with Crippen LogP contribution in [-0.4, -0.2) is 53.8 Å². The minimum atomic E-state index is -3.00. The Kier molecular flexibility index (Phi) is 4.16. The Labute approximate surface area is 130 Å². The maximum Gasteiger partial charge on any atom is 0.226 e. The lowest BCUT2D eigenvalue weighted by atomic mass is 9.90. The van der Waals surface area contributed by atoms with Crippen LogP contribution in [0.1, 0.15) is 36.4 Å². The fourth-order valence-electron chi connectivity index (χ4n) is 3.46. The molecule has 1 amide bonds. The second-order valence-electron chi connectivity index (χ2n) is 6.29. The van der Waals surface area contributed by atoms with E-state index in [1.807, 2.05) is 18.0 Å². The summed E-state index contributed by atoms with van der Waals surface area (Å²) >= 11 is 0. The maximum atomic E-state index is 12.4. The van der Waals surface area contributed by atoms with Crippen molar-refractivity contribution in [2.45, 2.75) is 32.1 Å². The summed E-state index contributed by atoms with van der Waals surface area (Å²) in [6, 6.07) is 0. The van der Waals surface area contributed by atoms with Crippen LogP contribution in [0.15, 0.2) is 12.5 Å². The Morgan fingerprint density at radius 1 is 1.27 bits per heavy atom. The van der Waals surface area contributed by atoms with Crippen molar-refractivity contribution in [1.29, 1.82) is 0 Å². The largest absolute Gasteiger partial charge is 0.342 e. The molecule has 6 nitrogen and oxygen atoms in total. The standard InChI is InChI=1S/C15H21N3O3S/c1-11-8-16-10-17-14(11)12-2-5-18(6-3-12)15(19)13-4-7-22(20,21)9-13/h8,10,12-13H,2-7,9H2,1H3/t13-/m1/s1. The number of piperidine rings is 1. The van der Waals surface area contributed by atoms with Crippen LogP contribution in [0, 0.1) is 12.8 Å². The van der Waals surface area contributed by atoms with E-state index in [1.54, 1.807) is 6.33 Å². The first-order valence-corrected chi connectivity index (χ1v) is 9.54. The first-order valence-electron chi connectivity index (χ1n) is 7.72. The van der Waals surface area contributed by atoms with Gasteiger partial charge in [-0.05, 0) is 31.7 Å². The zero-order valence-corrected chi connectivity index (χ0v) is 13.6. The van der Waals surface area contributed by atoms with E-state index in [0.29, 0.717) is 25.4 Å². The molecule has 1 atom stereocenters. The van der Waals surface area contributed by atoms with Crippen molar-refractivity contribution in [3.05, 3.63) is 23.8 Å². The molecule has 0 saturated carbocycles. The van der Waals surface area contributed by atoms with Gasteiger partial charge in [0, 0.05) is 30.9 Å². The Hall–Kier alpha value is -1.50. The average Bonchev–Trinajstić information content (AvgIpc) is 2.87. The van der Waals surface area contributed by atoms with E-state index in [-0.39, 0.29) is 23.3 Å². The average molecular weight is 323 g/mol. The number of amides is 1. The molecule has 2 aliphatic heterocycles. The van der Waals surface area contributed by atoms with Crippen LogP contribution in [0.4, 0.5) is 0 Å². The molecular weight excluding hydrogens is 302 g/mol. The third-order valence-corrected chi connectivity index (χ3v) is 6.48. The van der Waals surface area contributed by atoms with Crippen molar-refractivity contribution in [2.75, 3.05) is 24.6 Å². The van der Waals surface area contributed by atoms with Crippen LogP contribution in [0.5, 0.6) is 0 Å². The molecule has 0 bridgehead atoms. The highest BCUT2D eigenvalue weighted by Crippen LogP contribution is 2.30. The zero-order valence-electron chi connectivity index (χ0n) is 12.7. The molecule has 120 valence electrons. The number of nitrogens with zero attached hydrogens (tertiary/aromatic N) is 3. The van der Waals surface area contributed by atoms with Gasteiger partial charge >= 0.3 is 0 Å². The first kappa shape index (κ1) is 15.4. The van der Waals surface area contributed by atoms with E-state index in [2.05, 4.69) is 9.97 Å². The van der Waals surface area contributed by atoms with Gasteiger partial charge in [-0.3, -0.25) is 4.79 Å². The molecule has 0 unspecified atom stereocenters. The molecule has 2 aliphatic rings. The number of aryl methyl sites for hydroxylation is 1. The van der Waals surface area contributed by atoms with Gasteiger partial charge in [-0.2, -0.15) is 0 Å². The van der Waals surface area contributed by atoms with Gasteiger partial charge in [0.15, 0.2) is 9.84 Å². The Morgan fingerprint density at radius 3 is 2.59 bits per heavy atom. The minimum absolute atomic E-state index is 0.0129. The summed E-state index contributed by atoms with van der Waals surface area (Å²) in [5.74, 6) is 0.220. The minimum Gasteiger partial charge on any atom is -0.342 e. The Bertz CT molecular complexity index is 666. The predicted octanol–water partition coefficient (Wildman–Crippen LogP) is 0.926. The van der Waals surface area contributed by atoms with E-state index >= 15 is 0 Å². The van der Waals surface area contributed by atoms with Gasteiger partial charge in [0.25, 0.3) is 0 Å². The van der Waals surface area contributed by atoms with E-state index in [0.717, 1.165) is 24.1 Å². The number of aromatic nitrogens is 2. The van der Waals surface area contributed by atoms with Gasteiger partial charge in [-0.25, -0.2) is 18.4 Å². The summed E-state index contributed by atoms with van der Waals surface area (Å²) in [5.41, 5.74) is 2.17. The van der Waals surface area contributed by atoms with Gasteiger partial charge < -0.3 is 4.90 Å². The van der Waals surface area contributed by atoms with Crippen molar-refractivity contribution in [3.63, 3.8) is 0 Å². The van der Waals surface area contributed by atoms with Crippen LogP contribution in [-0.2, 0) is 14.6 Å². The van der Waals surface area contributed by atoms with Crippen molar-refractivity contribution in [2.24, 2.45) is 5.92 Å². The van der Waals surface area contributed by atoms with Gasteiger partial charge in [0.1, 0.15) is 6.33 Å². The Morgan fingerprint density at radius 2 is 2.00 bits per heavy atom. The lowest BCUT2D eigenvalue weighted by Gasteiger charge is -2.33. The third kappa shape index (κ3) is 3.14. The SMILES string of the molecule is Cc1cncnc1C1CCN(C(=O)[C@@H]2CCS(=O)(=O)C2)CC1. The summed E-state index contributed by atoms with van der Waals surface area (Å²) in [6.45, 7) is 3.38. The second-order valence-corrected chi connectivity index (χ2v) is 8.52. The first-order chi connectivity index (χ1) is 10.5. The van der Waals surface area contributed by atoms with E-state index < -0.39 is 9.84 Å². The normalized spacial score (nSPS) is 25.3. The molecule has 2 saturated heterocycles. The number of hydrogen-bond donors (Lipinski definition) is 0. The predicted molar refractivity (Wildman–Crippen MR) is 82.1 cm³/mol. The summed E-state index contributed by atoms with van der Waals surface area (Å²) < 4.78 is 23.0. The molecule has 22 heavy (non-hydrogen) atoms. The van der Waals surface area contributed by atoms with Crippen LogP contribution in [0.25, 0.3) is 0 Å². The molecule has 2 fully saturated rings. The van der Waals surface area contributed by atoms with E-state index in [4.69, 9.17) is 0 Å². The summed E-state index contributed by atoms with van der Waals surface area (Å²) in [6.07, 6.45) is 5.63. The molecule has 3 rings (SSSR count). The zero-order chi connectivity index (χ0) is 15.7. The summed E-state index contributed by atoms with van der Waals surface area (Å²) in [4.78, 5) is 22.7. The van der Waals surface area contributed by atoms with Crippen LogP contribution in [0.2, 0.25) is 0 Å². The molecule has 1 aromatic rings. The highest BCUT2D eigenvalue weighted by atomic mass is 32.2. The molecule has 7 heteroatoms. The van der Waals surface area contributed by atoms with Crippen LogP contribution >= 0.6 is 0 Å². The molecule has 0 aliphatic carbocycles. The number of hydrogen-bond acceptors (Lipinski definition) is 5. The van der Waals surface area contributed by atoms with Crippen molar-refractivity contribution in [3.8, 4) is 0 Å². The number of sulfone groups is 1. The lowest BCUT2D eigenvalue weighted by Crippen LogP contribution is -2.41. The van der Waals surface area contributed by atoms with Gasteiger partial charge in [0.2, 0.25) is 5.91 Å². The smallest absolute Gasteiger partial charge is 0.226 e. The molecular formula is C15H21N3O3S. The quantitative estimate of drug-likeness (QED) is 0.809. The highest BCUT2D eigenvalue weighted by Gasteiger charge is 2.36. The molecule has 0 aromatic carbocycles. The number of likely N-dealkylation sites (tertiary alicyclic amines) is 1. The fraction of sp³-hybridized carbons (Fsp3) is 0.667. The van der Waals surface area contributed by atoms with Gasteiger partial charge in [-0.1, -0.05) is 0 Å². The maximum absolute atomic E-state index is 12.4. The monoisotopic (exact) mass is 323 g/mol. The fourth-order valence-corrected chi connectivity index (χ4v) is 5.19. The topological polar surface area (TPSA) is 80.2 Å². The van der Waals surface area contributed by atoms with Crippen molar-refractivity contribution in [1.82, 2.24) is 14.9 Å². The highest BCUT2D eigenvalue weighted by molar-refractivity contribution is 7.91. The number of carbonyl (C=O) groups is 1. The van der Waals surface area contributed by atoms with E-state index in [1.165, 1.54) is 0 Å². The molecule has 0 N–H and O–H groups in total. The molecule has 3 heterocycles. The van der Waals surface area contributed by atoms with E-state index in [9.17, 15) is 13.2 Å². The van der Waals surface area contributed by atoms with Gasteiger partial charge in [0.05, 0.1) is 17.4 Å². The Balaban J connectivity index is 1.60. The second kappa shape index (κ2) is 5.95. The van der Waals surface area contributed by atoms with Gasteiger partial charge in [-0.15, -0.1) is 0 Å².